The molecule has 6 heteroatoms. The smallest absolute Gasteiger partial charge is 0.332 e. The monoisotopic (exact) mass is 246 g/mol. The molecule has 0 aliphatic carbocycles. The lowest BCUT2D eigenvalue weighted by molar-refractivity contribution is 0.0730. The van der Waals surface area contributed by atoms with Crippen LogP contribution < -0.4 is 5.69 Å². The van der Waals surface area contributed by atoms with Gasteiger partial charge in [0.1, 0.15) is 0 Å². The summed E-state index contributed by atoms with van der Waals surface area (Å²) < 4.78 is 0. The molecular weight excluding hydrogens is 232 g/mol. The van der Waals surface area contributed by atoms with Crippen LogP contribution >= 0.6 is 0 Å². The number of amides is 1. The van der Waals surface area contributed by atoms with Gasteiger partial charge in [-0.05, 0) is 12.5 Å². The molecule has 1 heterocycles. The van der Waals surface area contributed by atoms with E-state index in [0.29, 0.717) is 0 Å². The van der Waals surface area contributed by atoms with E-state index in [1.165, 1.54) is 4.90 Å². The molecule has 0 fully saturated rings. The number of aromatic nitrogens is 3. The molecule has 6 nitrogen and oxygen atoms in total. The lowest BCUT2D eigenvalue weighted by atomic mass is 10.1. The van der Waals surface area contributed by atoms with Crippen molar-refractivity contribution >= 4 is 5.91 Å². The summed E-state index contributed by atoms with van der Waals surface area (Å²) in [5.41, 5.74) is 0.533. The van der Waals surface area contributed by atoms with Gasteiger partial charge in [0.05, 0.1) is 6.04 Å². The molecule has 2 rings (SSSR count). The largest absolute Gasteiger partial charge is 0.341 e. The van der Waals surface area contributed by atoms with Gasteiger partial charge >= 0.3 is 5.69 Å². The van der Waals surface area contributed by atoms with Crippen molar-refractivity contribution in [2.24, 2.45) is 0 Å². The van der Waals surface area contributed by atoms with Gasteiger partial charge in [0.2, 0.25) is 5.82 Å². The molecule has 1 atom stereocenters. The molecule has 0 unspecified atom stereocenters. The Balaban J connectivity index is 2.19. The van der Waals surface area contributed by atoms with E-state index < -0.39 is 5.69 Å². The summed E-state index contributed by atoms with van der Waals surface area (Å²) in [4.78, 5) is 26.8. The van der Waals surface area contributed by atoms with Gasteiger partial charge in [-0.2, -0.15) is 0 Å². The maximum absolute atomic E-state index is 12.0. The van der Waals surface area contributed by atoms with E-state index in [1.807, 2.05) is 37.3 Å². The zero-order chi connectivity index (χ0) is 13.1. The van der Waals surface area contributed by atoms with E-state index in [2.05, 4.69) is 15.2 Å². The summed E-state index contributed by atoms with van der Waals surface area (Å²) in [6, 6.07) is 9.55. The van der Waals surface area contributed by atoms with Gasteiger partial charge in [-0.3, -0.25) is 9.78 Å². The first kappa shape index (κ1) is 12.1. The molecule has 1 aromatic heterocycles. The van der Waals surface area contributed by atoms with E-state index in [9.17, 15) is 9.59 Å². The fraction of sp³-hybridized carbons (Fsp3) is 0.250. The molecule has 2 aromatic rings. The Bertz CT molecular complexity index is 587. The predicted octanol–water partition coefficient (Wildman–Crippen LogP) is 0.931. The second-order valence-electron chi connectivity index (χ2n) is 4.03. The summed E-state index contributed by atoms with van der Waals surface area (Å²) in [5, 5.41) is 5.80. The number of carbonyl (C=O) groups excluding carboxylic acids is 1. The van der Waals surface area contributed by atoms with Crippen LogP contribution in [0.2, 0.25) is 0 Å². The Hall–Kier alpha value is -2.37. The fourth-order valence-electron chi connectivity index (χ4n) is 1.67. The standard InChI is InChI=1S/C12H14N4O2/c1-8(9-6-4-3-5-7-9)16(2)11(17)10-13-12(18)15-14-10/h3-8H,1-2H3,(H2,13,14,15,18)/t8-/m0/s1. The highest BCUT2D eigenvalue weighted by atomic mass is 16.2. The predicted molar refractivity (Wildman–Crippen MR) is 66.2 cm³/mol. The van der Waals surface area contributed by atoms with Crippen LogP contribution in [0.4, 0.5) is 0 Å². The number of H-pyrrole nitrogens is 2. The molecule has 0 aliphatic heterocycles. The highest BCUT2D eigenvalue weighted by Gasteiger charge is 2.21. The topological polar surface area (TPSA) is 81.8 Å². The van der Waals surface area contributed by atoms with Crippen LogP contribution in [0.3, 0.4) is 0 Å². The molecule has 0 aliphatic rings. The Morgan fingerprint density at radius 1 is 1.33 bits per heavy atom. The lowest BCUT2D eigenvalue weighted by Crippen LogP contribution is -2.30. The molecule has 0 saturated carbocycles. The van der Waals surface area contributed by atoms with Crippen LogP contribution in [-0.4, -0.2) is 33.0 Å². The fourth-order valence-corrected chi connectivity index (χ4v) is 1.67. The molecule has 0 bridgehead atoms. The van der Waals surface area contributed by atoms with Crippen molar-refractivity contribution in [3.05, 3.63) is 52.2 Å². The molecular formula is C12H14N4O2. The number of nitrogens with one attached hydrogen (secondary N) is 2. The van der Waals surface area contributed by atoms with Gasteiger partial charge in [-0.15, -0.1) is 5.10 Å². The number of carbonyl (C=O) groups is 1. The Morgan fingerprint density at radius 2 is 2.00 bits per heavy atom. The van der Waals surface area contributed by atoms with Crippen LogP contribution in [0.5, 0.6) is 0 Å². The van der Waals surface area contributed by atoms with Gasteiger partial charge in [-0.1, -0.05) is 30.3 Å². The minimum Gasteiger partial charge on any atom is -0.332 e. The van der Waals surface area contributed by atoms with Gasteiger partial charge < -0.3 is 4.90 Å². The van der Waals surface area contributed by atoms with Crippen LogP contribution in [0.1, 0.15) is 29.1 Å². The van der Waals surface area contributed by atoms with Gasteiger partial charge in [0.15, 0.2) is 0 Å². The molecule has 2 N–H and O–H groups in total. The number of hydrogen-bond donors (Lipinski definition) is 2. The lowest BCUT2D eigenvalue weighted by Gasteiger charge is -2.24. The quantitative estimate of drug-likeness (QED) is 0.845. The van der Waals surface area contributed by atoms with Crippen LogP contribution in [-0.2, 0) is 0 Å². The third-order valence-corrected chi connectivity index (χ3v) is 2.89. The maximum Gasteiger partial charge on any atom is 0.341 e. The minimum absolute atomic E-state index is 0.0188. The third kappa shape index (κ3) is 2.32. The van der Waals surface area contributed by atoms with Crippen molar-refractivity contribution in [3.63, 3.8) is 0 Å². The van der Waals surface area contributed by atoms with E-state index in [1.54, 1.807) is 7.05 Å². The zero-order valence-electron chi connectivity index (χ0n) is 10.2. The van der Waals surface area contributed by atoms with Crippen molar-refractivity contribution in [3.8, 4) is 0 Å². The Morgan fingerprint density at radius 3 is 2.56 bits per heavy atom. The SMILES string of the molecule is C[C@@H](c1ccccc1)N(C)C(=O)c1n[nH]c(=O)[nH]1. The highest BCUT2D eigenvalue weighted by molar-refractivity contribution is 5.90. The van der Waals surface area contributed by atoms with Crippen LogP contribution in [0.25, 0.3) is 0 Å². The van der Waals surface area contributed by atoms with Crippen molar-refractivity contribution < 1.29 is 4.79 Å². The van der Waals surface area contributed by atoms with E-state index in [4.69, 9.17) is 0 Å². The molecule has 0 radical (unpaired) electrons. The number of benzene rings is 1. The van der Waals surface area contributed by atoms with Crippen LogP contribution in [0, 0.1) is 0 Å². The third-order valence-electron chi connectivity index (χ3n) is 2.89. The van der Waals surface area contributed by atoms with Crippen molar-refractivity contribution in [2.75, 3.05) is 7.05 Å². The van der Waals surface area contributed by atoms with E-state index in [-0.39, 0.29) is 17.8 Å². The summed E-state index contributed by atoms with van der Waals surface area (Å²) in [7, 11) is 1.67. The first-order chi connectivity index (χ1) is 8.59. The van der Waals surface area contributed by atoms with Crippen molar-refractivity contribution in [1.29, 1.82) is 0 Å². The second kappa shape index (κ2) is 4.87. The van der Waals surface area contributed by atoms with Gasteiger partial charge in [-0.25, -0.2) is 9.89 Å². The summed E-state index contributed by atoms with van der Waals surface area (Å²) in [6.45, 7) is 1.91. The normalized spacial score (nSPS) is 12.1. The minimum atomic E-state index is -0.487. The summed E-state index contributed by atoms with van der Waals surface area (Å²) in [6.07, 6.45) is 0. The molecule has 1 aromatic carbocycles. The number of nitrogens with zero attached hydrogens (tertiary/aromatic N) is 2. The number of aromatic amines is 2. The molecule has 0 spiro atoms. The molecule has 18 heavy (non-hydrogen) atoms. The Kier molecular flexibility index (Phi) is 3.27. The van der Waals surface area contributed by atoms with E-state index >= 15 is 0 Å². The molecule has 94 valence electrons. The summed E-state index contributed by atoms with van der Waals surface area (Å²) >= 11 is 0. The van der Waals surface area contributed by atoms with E-state index in [0.717, 1.165) is 5.56 Å². The highest BCUT2D eigenvalue weighted by Crippen LogP contribution is 2.18. The van der Waals surface area contributed by atoms with Crippen molar-refractivity contribution in [1.82, 2.24) is 20.1 Å². The van der Waals surface area contributed by atoms with Crippen LogP contribution in [0.15, 0.2) is 35.1 Å². The maximum atomic E-state index is 12.0. The number of hydrogen-bond acceptors (Lipinski definition) is 3. The van der Waals surface area contributed by atoms with Crippen molar-refractivity contribution in [2.45, 2.75) is 13.0 Å². The molecule has 1 amide bonds. The summed E-state index contributed by atoms with van der Waals surface area (Å²) in [5.74, 6) is -0.310. The second-order valence-corrected chi connectivity index (χ2v) is 4.03. The Labute approximate surface area is 104 Å². The zero-order valence-corrected chi connectivity index (χ0v) is 10.2. The first-order valence-corrected chi connectivity index (χ1v) is 5.56. The van der Waals surface area contributed by atoms with Gasteiger partial charge in [0.25, 0.3) is 5.91 Å². The van der Waals surface area contributed by atoms with Gasteiger partial charge in [0, 0.05) is 7.05 Å². The number of rotatable bonds is 3. The first-order valence-electron chi connectivity index (χ1n) is 5.56. The average Bonchev–Trinajstić information content (AvgIpc) is 2.84. The molecule has 0 saturated heterocycles. The average molecular weight is 246 g/mol.